The number of carboxylic acid groups (broad SMARTS) is 2. The minimum Gasteiger partial charge on any atom is -0.475 e. The summed E-state index contributed by atoms with van der Waals surface area (Å²) < 4.78 is 63.5. The topological polar surface area (TPSA) is 137 Å². The maximum absolute atomic E-state index is 12.5. The number of amides is 1. The summed E-state index contributed by atoms with van der Waals surface area (Å²) in [5.41, 5.74) is 2.15. The van der Waals surface area contributed by atoms with E-state index >= 15 is 0 Å². The molecule has 0 saturated carbocycles. The van der Waals surface area contributed by atoms with Gasteiger partial charge < -0.3 is 15.1 Å². The van der Waals surface area contributed by atoms with Gasteiger partial charge in [-0.05, 0) is 55.8 Å². The average molecular weight is 579 g/mol. The SMILES string of the molecule is O=C(O)C(F)(F)F.O=C(O)C(F)(F)F.O=C(c1cnccn1)N1CCC2(CCN(Cc3cccnc3)CC2)CC1. The number of piperidine rings is 2. The summed E-state index contributed by atoms with van der Waals surface area (Å²) in [5.74, 6) is -5.50. The third-order valence-electron chi connectivity index (χ3n) is 6.42. The van der Waals surface area contributed by atoms with E-state index in [1.807, 2.05) is 23.4 Å². The standard InChI is InChI=1S/C20H25N5O.2C2HF3O2/c26-19(18-15-22-8-9-23-18)25-12-5-20(6-13-25)3-10-24(11-4-20)16-17-2-1-7-21-14-17;2*3-2(4,5)1(6)7/h1-2,7-9,14-15H,3-6,10-13,16H2;2*(H,6,7). The molecular formula is C24H27F6N5O5. The van der Waals surface area contributed by atoms with Gasteiger partial charge in [-0.15, -0.1) is 0 Å². The van der Waals surface area contributed by atoms with Crippen LogP contribution in [0.3, 0.4) is 0 Å². The molecule has 220 valence electrons. The Balaban J connectivity index is 0.000000333. The first kappa shape index (κ1) is 32.4. The molecule has 10 nitrogen and oxygen atoms in total. The van der Waals surface area contributed by atoms with Crippen LogP contribution < -0.4 is 0 Å². The quantitative estimate of drug-likeness (QED) is 0.522. The maximum Gasteiger partial charge on any atom is 0.490 e. The van der Waals surface area contributed by atoms with Crippen LogP contribution in [0.2, 0.25) is 0 Å². The maximum atomic E-state index is 12.5. The molecule has 2 fully saturated rings. The van der Waals surface area contributed by atoms with Gasteiger partial charge in [-0.3, -0.25) is 19.7 Å². The predicted octanol–water partition coefficient (Wildman–Crippen LogP) is 3.66. The Morgan fingerprint density at radius 3 is 1.73 bits per heavy atom. The van der Waals surface area contributed by atoms with E-state index in [2.05, 4.69) is 25.9 Å². The second-order valence-electron chi connectivity index (χ2n) is 9.13. The fourth-order valence-corrected chi connectivity index (χ4v) is 4.19. The first-order valence-corrected chi connectivity index (χ1v) is 11.9. The Morgan fingerprint density at radius 2 is 1.30 bits per heavy atom. The number of aromatic nitrogens is 3. The van der Waals surface area contributed by atoms with Crippen LogP contribution in [-0.2, 0) is 16.1 Å². The van der Waals surface area contributed by atoms with E-state index < -0.39 is 24.3 Å². The summed E-state index contributed by atoms with van der Waals surface area (Å²) in [7, 11) is 0. The average Bonchev–Trinajstić information content (AvgIpc) is 2.91. The van der Waals surface area contributed by atoms with Gasteiger partial charge in [0.25, 0.3) is 5.91 Å². The molecule has 0 atom stereocenters. The van der Waals surface area contributed by atoms with Crippen molar-refractivity contribution in [2.75, 3.05) is 26.2 Å². The fourth-order valence-electron chi connectivity index (χ4n) is 4.19. The van der Waals surface area contributed by atoms with Crippen LogP contribution in [-0.4, -0.2) is 91.3 Å². The number of rotatable bonds is 3. The van der Waals surface area contributed by atoms with Crippen molar-refractivity contribution in [1.29, 1.82) is 0 Å². The van der Waals surface area contributed by atoms with Crippen LogP contribution in [0.15, 0.2) is 43.1 Å². The zero-order chi connectivity index (χ0) is 30.0. The summed E-state index contributed by atoms with van der Waals surface area (Å²) in [4.78, 5) is 47.2. The summed E-state index contributed by atoms with van der Waals surface area (Å²) in [6, 6.07) is 4.15. The van der Waals surface area contributed by atoms with Crippen molar-refractivity contribution in [3.05, 3.63) is 54.4 Å². The lowest BCUT2D eigenvalue weighted by Crippen LogP contribution is -2.48. The molecule has 2 saturated heterocycles. The molecule has 0 aliphatic carbocycles. The summed E-state index contributed by atoms with van der Waals surface area (Å²) in [6.45, 7) is 4.91. The molecule has 0 bridgehead atoms. The zero-order valence-electron chi connectivity index (χ0n) is 21.0. The van der Waals surface area contributed by atoms with Gasteiger partial charge in [0, 0.05) is 44.4 Å². The number of likely N-dealkylation sites (tertiary alicyclic amines) is 2. The second-order valence-corrected chi connectivity index (χ2v) is 9.13. The van der Waals surface area contributed by atoms with Gasteiger partial charge in [-0.25, -0.2) is 14.6 Å². The molecule has 1 amide bonds. The monoisotopic (exact) mass is 579 g/mol. The lowest BCUT2D eigenvalue weighted by molar-refractivity contribution is -0.193. The normalized spacial score (nSPS) is 17.1. The molecule has 40 heavy (non-hydrogen) atoms. The van der Waals surface area contributed by atoms with E-state index in [0.717, 1.165) is 45.6 Å². The minimum absolute atomic E-state index is 0.0157. The number of halogens is 6. The second kappa shape index (κ2) is 14.0. The van der Waals surface area contributed by atoms with Crippen LogP contribution in [0.25, 0.3) is 0 Å². The molecule has 0 aromatic carbocycles. The van der Waals surface area contributed by atoms with Crippen molar-refractivity contribution in [3.63, 3.8) is 0 Å². The van der Waals surface area contributed by atoms with Crippen molar-refractivity contribution < 1.29 is 50.9 Å². The number of carboxylic acids is 2. The Hall–Kier alpha value is -3.82. The van der Waals surface area contributed by atoms with Crippen LogP contribution >= 0.6 is 0 Å². The molecule has 2 aliphatic heterocycles. The number of nitrogens with zero attached hydrogens (tertiary/aromatic N) is 5. The number of carbonyl (C=O) groups is 3. The van der Waals surface area contributed by atoms with Gasteiger partial charge in [0.2, 0.25) is 0 Å². The summed E-state index contributed by atoms with van der Waals surface area (Å²) in [6.07, 6.45) is 2.99. The molecule has 16 heteroatoms. The highest BCUT2D eigenvalue weighted by atomic mass is 19.4. The highest BCUT2D eigenvalue weighted by Crippen LogP contribution is 2.41. The van der Waals surface area contributed by atoms with Gasteiger partial charge in [-0.1, -0.05) is 6.07 Å². The van der Waals surface area contributed by atoms with E-state index in [1.54, 1.807) is 18.6 Å². The molecule has 2 aromatic rings. The minimum atomic E-state index is -5.08. The van der Waals surface area contributed by atoms with Crippen molar-refractivity contribution in [2.24, 2.45) is 5.41 Å². The molecule has 0 unspecified atom stereocenters. The summed E-state index contributed by atoms with van der Waals surface area (Å²) >= 11 is 0. The van der Waals surface area contributed by atoms with Crippen molar-refractivity contribution in [2.45, 2.75) is 44.6 Å². The van der Waals surface area contributed by atoms with Gasteiger partial charge in [0.1, 0.15) is 5.69 Å². The van der Waals surface area contributed by atoms with E-state index in [9.17, 15) is 31.1 Å². The number of carbonyl (C=O) groups excluding carboxylic acids is 1. The summed E-state index contributed by atoms with van der Waals surface area (Å²) in [5, 5.41) is 14.2. The van der Waals surface area contributed by atoms with Gasteiger partial charge >= 0.3 is 24.3 Å². The highest BCUT2D eigenvalue weighted by molar-refractivity contribution is 5.92. The number of hydrogen-bond acceptors (Lipinski definition) is 7. The van der Waals surface area contributed by atoms with Crippen LogP contribution in [0.1, 0.15) is 41.7 Å². The molecule has 2 aromatic heterocycles. The van der Waals surface area contributed by atoms with Gasteiger partial charge in [0.15, 0.2) is 0 Å². The molecular weight excluding hydrogens is 552 g/mol. The molecule has 0 radical (unpaired) electrons. The molecule has 2 aliphatic rings. The number of pyridine rings is 1. The molecule has 2 N–H and O–H groups in total. The first-order chi connectivity index (χ1) is 18.6. The Bertz CT molecular complexity index is 1080. The Morgan fingerprint density at radius 1 is 0.800 bits per heavy atom. The molecule has 1 spiro atoms. The molecule has 4 heterocycles. The van der Waals surface area contributed by atoms with E-state index in [0.29, 0.717) is 11.1 Å². The van der Waals surface area contributed by atoms with Crippen LogP contribution in [0, 0.1) is 5.41 Å². The van der Waals surface area contributed by atoms with Crippen molar-refractivity contribution in [3.8, 4) is 0 Å². The van der Waals surface area contributed by atoms with Crippen LogP contribution in [0.4, 0.5) is 26.3 Å². The van der Waals surface area contributed by atoms with Crippen LogP contribution in [0.5, 0.6) is 0 Å². The van der Waals surface area contributed by atoms with Crippen molar-refractivity contribution >= 4 is 17.8 Å². The first-order valence-electron chi connectivity index (χ1n) is 11.9. The zero-order valence-corrected chi connectivity index (χ0v) is 21.0. The van der Waals surface area contributed by atoms with Gasteiger partial charge in [0.05, 0.1) is 6.20 Å². The van der Waals surface area contributed by atoms with E-state index in [1.165, 1.54) is 18.4 Å². The van der Waals surface area contributed by atoms with E-state index in [4.69, 9.17) is 19.8 Å². The Kier molecular flexibility index (Phi) is 11.3. The fraction of sp³-hybridized carbons (Fsp3) is 0.500. The largest absolute Gasteiger partial charge is 0.490 e. The van der Waals surface area contributed by atoms with Crippen molar-refractivity contribution in [1.82, 2.24) is 24.8 Å². The highest BCUT2D eigenvalue weighted by Gasteiger charge is 2.40. The molecule has 4 rings (SSSR count). The third kappa shape index (κ3) is 10.4. The van der Waals surface area contributed by atoms with E-state index in [-0.39, 0.29) is 5.91 Å². The lowest BCUT2D eigenvalue weighted by Gasteiger charge is -2.46. The third-order valence-corrected chi connectivity index (χ3v) is 6.42. The lowest BCUT2D eigenvalue weighted by atomic mass is 9.71. The predicted molar refractivity (Wildman–Crippen MR) is 126 cm³/mol. The van der Waals surface area contributed by atoms with Gasteiger partial charge in [-0.2, -0.15) is 26.3 Å². The number of alkyl halides is 6. The smallest absolute Gasteiger partial charge is 0.475 e. The number of aliphatic carboxylic acids is 2. The number of hydrogen-bond donors (Lipinski definition) is 2. The Labute approximate surface area is 224 Å².